The van der Waals surface area contributed by atoms with E-state index in [-0.39, 0.29) is 23.9 Å². The van der Waals surface area contributed by atoms with Crippen LogP contribution in [0, 0.1) is 0 Å². The smallest absolute Gasteiger partial charge is 0.244 e. The molecule has 1 aliphatic heterocycles. The second-order valence-electron chi connectivity index (χ2n) is 6.73. The number of ether oxygens (including phenoxy) is 2. The minimum Gasteiger partial charge on any atom is -0.489 e. The topological polar surface area (TPSA) is 76.7 Å². The van der Waals surface area contributed by atoms with Crippen LogP contribution in [0.3, 0.4) is 0 Å². The van der Waals surface area contributed by atoms with Crippen LogP contribution in [-0.2, 0) is 9.59 Å². The third kappa shape index (κ3) is 6.31. The van der Waals surface area contributed by atoms with Gasteiger partial charge in [-0.15, -0.1) is 0 Å². The van der Waals surface area contributed by atoms with Crippen LogP contribution in [0.25, 0.3) is 6.08 Å². The molecule has 25 heavy (non-hydrogen) atoms. The minimum absolute atomic E-state index is 0.0810. The van der Waals surface area contributed by atoms with E-state index in [0.29, 0.717) is 35.3 Å². The van der Waals surface area contributed by atoms with Crippen molar-refractivity contribution >= 4 is 29.5 Å². The Morgan fingerprint density at radius 2 is 1.96 bits per heavy atom. The predicted molar refractivity (Wildman–Crippen MR) is 97.0 cm³/mol. The second-order valence-corrected chi connectivity index (χ2v) is 7.14. The molecule has 0 spiro atoms. The number of rotatable bonds is 4. The van der Waals surface area contributed by atoms with Gasteiger partial charge in [0.05, 0.1) is 24.8 Å². The van der Waals surface area contributed by atoms with Gasteiger partial charge in [-0.05, 0) is 44.5 Å². The predicted octanol–water partition coefficient (Wildman–Crippen LogP) is 2.55. The summed E-state index contributed by atoms with van der Waals surface area (Å²) in [6, 6.07) is 3.47. The molecule has 2 amide bonds. The van der Waals surface area contributed by atoms with Crippen LogP contribution in [0.4, 0.5) is 0 Å². The Balaban J connectivity index is 1.95. The maximum absolute atomic E-state index is 11.8. The summed E-state index contributed by atoms with van der Waals surface area (Å²) < 4.78 is 11.2. The highest BCUT2D eigenvalue weighted by Crippen LogP contribution is 2.38. The molecular formula is C18H23ClN2O4. The zero-order chi connectivity index (χ0) is 18.4. The summed E-state index contributed by atoms with van der Waals surface area (Å²) in [6.07, 6.45) is 3.74. The van der Waals surface area contributed by atoms with E-state index in [4.69, 9.17) is 21.1 Å². The molecule has 0 unspecified atom stereocenters. The largest absolute Gasteiger partial charge is 0.489 e. The summed E-state index contributed by atoms with van der Waals surface area (Å²) in [6.45, 7) is 6.66. The van der Waals surface area contributed by atoms with E-state index in [0.717, 1.165) is 6.42 Å². The molecule has 0 radical (unpaired) electrons. The van der Waals surface area contributed by atoms with Crippen molar-refractivity contribution < 1.29 is 19.1 Å². The Kier molecular flexibility index (Phi) is 6.31. The van der Waals surface area contributed by atoms with Gasteiger partial charge in [0, 0.05) is 18.0 Å². The number of halogens is 1. The number of amides is 2. The van der Waals surface area contributed by atoms with Crippen molar-refractivity contribution in [3.63, 3.8) is 0 Å². The van der Waals surface area contributed by atoms with Gasteiger partial charge in [0.1, 0.15) is 0 Å². The highest BCUT2D eigenvalue weighted by atomic mass is 35.5. The second kappa shape index (κ2) is 8.25. The number of hydrogen-bond acceptors (Lipinski definition) is 4. The van der Waals surface area contributed by atoms with E-state index in [2.05, 4.69) is 10.6 Å². The van der Waals surface area contributed by atoms with Gasteiger partial charge in [-0.25, -0.2) is 0 Å². The van der Waals surface area contributed by atoms with Gasteiger partial charge in [0.2, 0.25) is 11.8 Å². The molecular weight excluding hydrogens is 344 g/mol. The van der Waals surface area contributed by atoms with Crippen molar-refractivity contribution in [2.24, 2.45) is 0 Å². The standard InChI is InChI=1S/C18H23ClN2O4/c1-18(2,3)21-16(23)11-20-15(22)6-5-12-9-13(19)17-14(10-12)24-7-4-8-25-17/h5-6,9-10H,4,7-8,11H2,1-3H3,(H,20,22)(H,21,23)/b6-5+. The number of carbonyl (C=O) groups excluding carboxylic acids is 2. The first kappa shape index (κ1) is 19.1. The zero-order valence-electron chi connectivity index (χ0n) is 14.6. The van der Waals surface area contributed by atoms with Gasteiger partial charge in [0.15, 0.2) is 11.5 Å². The monoisotopic (exact) mass is 366 g/mol. The lowest BCUT2D eigenvalue weighted by Gasteiger charge is -2.20. The van der Waals surface area contributed by atoms with Crippen LogP contribution in [0.15, 0.2) is 18.2 Å². The summed E-state index contributed by atoms with van der Waals surface area (Å²) in [5.41, 5.74) is 0.377. The average Bonchev–Trinajstić information content (AvgIpc) is 2.75. The summed E-state index contributed by atoms with van der Waals surface area (Å²) in [5, 5.41) is 5.74. The van der Waals surface area contributed by atoms with Gasteiger partial charge in [0.25, 0.3) is 0 Å². The van der Waals surface area contributed by atoms with Crippen LogP contribution >= 0.6 is 11.6 Å². The van der Waals surface area contributed by atoms with Crippen LogP contribution in [0.5, 0.6) is 11.5 Å². The normalized spacial score (nSPS) is 14.1. The lowest BCUT2D eigenvalue weighted by Crippen LogP contribution is -2.45. The van der Waals surface area contributed by atoms with Gasteiger partial charge >= 0.3 is 0 Å². The number of hydrogen-bond donors (Lipinski definition) is 2. The van der Waals surface area contributed by atoms with Crippen LogP contribution < -0.4 is 20.1 Å². The fraction of sp³-hybridized carbons (Fsp3) is 0.444. The fourth-order valence-electron chi connectivity index (χ4n) is 2.21. The Bertz CT molecular complexity index is 680. The summed E-state index contributed by atoms with van der Waals surface area (Å²) in [4.78, 5) is 23.5. The molecule has 1 aromatic rings. The highest BCUT2D eigenvalue weighted by molar-refractivity contribution is 6.32. The van der Waals surface area contributed by atoms with Gasteiger partial charge in [-0.2, -0.15) is 0 Å². The molecule has 0 atom stereocenters. The van der Waals surface area contributed by atoms with Crippen molar-refractivity contribution in [3.05, 3.63) is 28.8 Å². The molecule has 2 N–H and O–H groups in total. The molecule has 1 aliphatic rings. The summed E-state index contributed by atoms with van der Waals surface area (Å²) in [7, 11) is 0. The first-order valence-electron chi connectivity index (χ1n) is 8.11. The molecule has 0 saturated heterocycles. The minimum atomic E-state index is -0.368. The van der Waals surface area contributed by atoms with E-state index < -0.39 is 0 Å². The molecule has 0 aliphatic carbocycles. The van der Waals surface area contributed by atoms with Crippen LogP contribution in [0.1, 0.15) is 32.8 Å². The molecule has 7 heteroatoms. The SMILES string of the molecule is CC(C)(C)NC(=O)CNC(=O)/C=C/c1cc(Cl)c2c(c1)OCCCO2. The van der Waals surface area contributed by atoms with Gasteiger partial charge < -0.3 is 20.1 Å². The molecule has 1 heterocycles. The van der Waals surface area contributed by atoms with E-state index in [1.54, 1.807) is 18.2 Å². The Hall–Kier alpha value is -2.21. The third-order valence-corrected chi connectivity index (χ3v) is 3.47. The number of carbonyl (C=O) groups is 2. The lowest BCUT2D eigenvalue weighted by atomic mass is 10.1. The molecule has 0 saturated carbocycles. The third-order valence-electron chi connectivity index (χ3n) is 3.19. The maximum atomic E-state index is 11.8. The maximum Gasteiger partial charge on any atom is 0.244 e. The molecule has 0 bridgehead atoms. The first-order chi connectivity index (χ1) is 11.7. The van der Waals surface area contributed by atoms with Crippen molar-refractivity contribution in [1.29, 1.82) is 0 Å². The van der Waals surface area contributed by atoms with E-state index in [9.17, 15) is 9.59 Å². The van der Waals surface area contributed by atoms with E-state index >= 15 is 0 Å². The summed E-state index contributed by atoms with van der Waals surface area (Å²) >= 11 is 6.21. The van der Waals surface area contributed by atoms with Gasteiger partial charge in [-0.3, -0.25) is 9.59 Å². The van der Waals surface area contributed by atoms with E-state index in [1.165, 1.54) is 6.08 Å². The molecule has 136 valence electrons. The number of fused-ring (bicyclic) bond motifs is 1. The Morgan fingerprint density at radius 3 is 2.68 bits per heavy atom. The quantitative estimate of drug-likeness (QED) is 0.803. The molecule has 6 nitrogen and oxygen atoms in total. The van der Waals surface area contributed by atoms with Gasteiger partial charge in [-0.1, -0.05) is 11.6 Å². The molecule has 2 rings (SSSR count). The van der Waals surface area contributed by atoms with Crippen molar-refractivity contribution in [2.75, 3.05) is 19.8 Å². The number of nitrogens with one attached hydrogen (secondary N) is 2. The first-order valence-corrected chi connectivity index (χ1v) is 8.48. The Labute approximate surface area is 152 Å². The molecule has 1 aromatic carbocycles. The highest BCUT2D eigenvalue weighted by Gasteiger charge is 2.15. The fourth-order valence-corrected chi connectivity index (χ4v) is 2.48. The zero-order valence-corrected chi connectivity index (χ0v) is 15.4. The van der Waals surface area contributed by atoms with Crippen molar-refractivity contribution in [3.8, 4) is 11.5 Å². The molecule has 0 aromatic heterocycles. The summed E-state index contributed by atoms with van der Waals surface area (Å²) in [5.74, 6) is 0.481. The Morgan fingerprint density at radius 1 is 1.24 bits per heavy atom. The van der Waals surface area contributed by atoms with Crippen molar-refractivity contribution in [1.82, 2.24) is 10.6 Å². The van der Waals surface area contributed by atoms with E-state index in [1.807, 2.05) is 20.8 Å². The average molecular weight is 367 g/mol. The van der Waals surface area contributed by atoms with Crippen LogP contribution in [0.2, 0.25) is 5.02 Å². The lowest BCUT2D eigenvalue weighted by molar-refractivity contribution is -0.124. The van der Waals surface area contributed by atoms with Crippen molar-refractivity contribution in [2.45, 2.75) is 32.7 Å². The molecule has 0 fully saturated rings. The number of benzene rings is 1. The van der Waals surface area contributed by atoms with Crippen LogP contribution in [-0.4, -0.2) is 37.1 Å².